The third kappa shape index (κ3) is 2.91. The van der Waals surface area contributed by atoms with Crippen molar-refractivity contribution in [3.8, 4) is 0 Å². The van der Waals surface area contributed by atoms with Crippen LogP contribution >= 0.6 is 0 Å². The van der Waals surface area contributed by atoms with Crippen LogP contribution in [0, 0.1) is 5.92 Å². The molecule has 0 fully saturated rings. The molecule has 1 heterocycles. The molecule has 1 aromatic heterocycles. The van der Waals surface area contributed by atoms with Crippen molar-refractivity contribution in [3.63, 3.8) is 0 Å². The molecule has 0 aromatic carbocycles. The van der Waals surface area contributed by atoms with E-state index >= 15 is 0 Å². The Kier molecular flexibility index (Phi) is 3.74. The Balaban J connectivity index is 2.45. The fourth-order valence-electron chi connectivity index (χ4n) is 1.03. The molecule has 3 nitrogen and oxygen atoms in total. The summed E-state index contributed by atoms with van der Waals surface area (Å²) in [6, 6.07) is 3.54. The Labute approximate surface area is 84.1 Å². The second kappa shape index (κ2) is 4.84. The van der Waals surface area contributed by atoms with Crippen LogP contribution in [0.5, 0.6) is 0 Å². The van der Waals surface area contributed by atoms with Gasteiger partial charge >= 0.3 is 5.97 Å². The van der Waals surface area contributed by atoms with E-state index in [0.717, 1.165) is 0 Å². The highest BCUT2D eigenvalue weighted by Gasteiger charge is 2.19. The molecule has 0 radical (unpaired) electrons. The number of carbonyl (C=O) groups excluding carboxylic acids is 1. The quantitative estimate of drug-likeness (QED) is 0.695. The molecule has 0 aliphatic carbocycles. The Morgan fingerprint density at radius 1 is 1.50 bits per heavy atom. The van der Waals surface area contributed by atoms with Crippen molar-refractivity contribution in [1.82, 2.24) is 0 Å². The maximum absolute atomic E-state index is 11.5. The molecular formula is C11H16O3. The van der Waals surface area contributed by atoms with E-state index in [2.05, 4.69) is 0 Å². The van der Waals surface area contributed by atoms with Crippen molar-refractivity contribution >= 4 is 5.97 Å². The highest BCUT2D eigenvalue weighted by atomic mass is 16.5. The summed E-state index contributed by atoms with van der Waals surface area (Å²) in [5.74, 6) is 0.471. The van der Waals surface area contributed by atoms with E-state index in [4.69, 9.17) is 9.15 Å². The first kappa shape index (κ1) is 10.8. The number of carbonyl (C=O) groups is 1. The zero-order chi connectivity index (χ0) is 10.6. The number of rotatable bonds is 4. The summed E-state index contributed by atoms with van der Waals surface area (Å²) in [5, 5.41) is 0. The summed E-state index contributed by atoms with van der Waals surface area (Å²) in [7, 11) is 0. The average molecular weight is 196 g/mol. The number of furan rings is 1. The third-order valence-electron chi connectivity index (χ3n) is 1.88. The lowest BCUT2D eigenvalue weighted by molar-refractivity contribution is -0.146. The Hall–Kier alpha value is -1.25. The van der Waals surface area contributed by atoms with E-state index in [9.17, 15) is 4.79 Å². The molecule has 14 heavy (non-hydrogen) atoms. The van der Waals surface area contributed by atoms with Gasteiger partial charge in [-0.3, -0.25) is 4.79 Å². The van der Waals surface area contributed by atoms with Crippen LogP contribution in [0.3, 0.4) is 0 Å². The molecule has 0 aliphatic rings. The van der Waals surface area contributed by atoms with E-state index in [0.29, 0.717) is 18.3 Å². The first-order valence-electron chi connectivity index (χ1n) is 4.81. The van der Waals surface area contributed by atoms with Gasteiger partial charge in [0.05, 0.1) is 12.9 Å². The van der Waals surface area contributed by atoms with Crippen LogP contribution in [0.4, 0.5) is 0 Å². The van der Waals surface area contributed by atoms with E-state index in [1.807, 2.05) is 13.8 Å². The van der Waals surface area contributed by atoms with E-state index in [1.165, 1.54) is 0 Å². The van der Waals surface area contributed by atoms with Gasteiger partial charge < -0.3 is 9.15 Å². The molecule has 78 valence electrons. The van der Waals surface area contributed by atoms with Crippen molar-refractivity contribution in [2.24, 2.45) is 5.92 Å². The second-order valence-corrected chi connectivity index (χ2v) is 3.76. The van der Waals surface area contributed by atoms with Crippen LogP contribution in [-0.2, 0) is 9.53 Å². The molecule has 1 unspecified atom stereocenters. The molecule has 0 saturated heterocycles. The van der Waals surface area contributed by atoms with Crippen molar-refractivity contribution in [2.45, 2.75) is 26.7 Å². The maximum Gasteiger partial charge on any atom is 0.316 e. The minimum absolute atomic E-state index is 0.228. The smallest absolute Gasteiger partial charge is 0.316 e. The number of ether oxygens (including phenoxy) is 1. The molecule has 3 heteroatoms. The number of hydrogen-bond donors (Lipinski definition) is 0. The van der Waals surface area contributed by atoms with Gasteiger partial charge in [-0.1, -0.05) is 13.8 Å². The molecular weight excluding hydrogens is 180 g/mol. The number of esters is 1. The summed E-state index contributed by atoms with van der Waals surface area (Å²) in [5.41, 5.74) is 0. The highest BCUT2D eigenvalue weighted by molar-refractivity contribution is 5.76. The zero-order valence-electron chi connectivity index (χ0n) is 8.82. The minimum atomic E-state index is -0.316. The van der Waals surface area contributed by atoms with Crippen molar-refractivity contribution in [3.05, 3.63) is 24.2 Å². The molecule has 1 aromatic rings. The molecule has 0 spiro atoms. The van der Waals surface area contributed by atoms with Crippen LogP contribution in [0.15, 0.2) is 22.8 Å². The third-order valence-corrected chi connectivity index (χ3v) is 1.88. The SMILES string of the molecule is CC(C)COC(=O)C(C)c1ccco1. The normalized spacial score (nSPS) is 12.9. The summed E-state index contributed by atoms with van der Waals surface area (Å²) >= 11 is 0. The fraction of sp³-hybridized carbons (Fsp3) is 0.545. The van der Waals surface area contributed by atoms with E-state index < -0.39 is 0 Å². The Bertz CT molecular complexity index is 275. The molecule has 0 N–H and O–H groups in total. The van der Waals surface area contributed by atoms with Gasteiger partial charge in [0.2, 0.25) is 0 Å². The fourth-order valence-corrected chi connectivity index (χ4v) is 1.03. The van der Waals surface area contributed by atoms with Gasteiger partial charge in [0.25, 0.3) is 0 Å². The second-order valence-electron chi connectivity index (χ2n) is 3.76. The van der Waals surface area contributed by atoms with Gasteiger partial charge in [0, 0.05) is 0 Å². The maximum atomic E-state index is 11.5. The lowest BCUT2D eigenvalue weighted by Gasteiger charge is -2.10. The van der Waals surface area contributed by atoms with Crippen LogP contribution in [0.1, 0.15) is 32.4 Å². The summed E-state index contributed by atoms with van der Waals surface area (Å²) in [6.45, 7) is 6.25. The molecule has 0 aliphatic heterocycles. The first-order chi connectivity index (χ1) is 6.61. The topological polar surface area (TPSA) is 39.4 Å². The molecule has 0 bridgehead atoms. The van der Waals surface area contributed by atoms with Gasteiger partial charge in [-0.15, -0.1) is 0 Å². The molecule has 1 atom stereocenters. The lowest BCUT2D eigenvalue weighted by Crippen LogP contribution is -2.15. The van der Waals surface area contributed by atoms with E-state index in [-0.39, 0.29) is 11.9 Å². The molecule has 0 saturated carbocycles. The van der Waals surface area contributed by atoms with Gasteiger partial charge in [-0.05, 0) is 25.0 Å². The van der Waals surface area contributed by atoms with Crippen LogP contribution in [0.25, 0.3) is 0 Å². The van der Waals surface area contributed by atoms with Crippen molar-refractivity contribution in [1.29, 1.82) is 0 Å². The standard InChI is InChI=1S/C11H16O3/c1-8(2)7-14-11(12)9(3)10-5-4-6-13-10/h4-6,8-9H,7H2,1-3H3. The zero-order valence-corrected chi connectivity index (χ0v) is 8.82. The van der Waals surface area contributed by atoms with Gasteiger partial charge in [0.1, 0.15) is 11.7 Å². The van der Waals surface area contributed by atoms with Crippen molar-refractivity contribution < 1.29 is 13.9 Å². The van der Waals surface area contributed by atoms with Crippen LogP contribution < -0.4 is 0 Å². The van der Waals surface area contributed by atoms with Crippen LogP contribution in [-0.4, -0.2) is 12.6 Å². The highest BCUT2D eigenvalue weighted by Crippen LogP contribution is 2.17. The largest absolute Gasteiger partial charge is 0.468 e. The van der Waals surface area contributed by atoms with Crippen LogP contribution in [0.2, 0.25) is 0 Å². The molecule has 0 amide bonds. The van der Waals surface area contributed by atoms with Gasteiger partial charge in [0.15, 0.2) is 0 Å². The van der Waals surface area contributed by atoms with Gasteiger partial charge in [-0.25, -0.2) is 0 Å². The van der Waals surface area contributed by atoms with Gasteiger partial charge in [-0.2, -0.15) is 0 Å². The minimum Gasteiger partial charge on any atom is -0.468 e. The Morgan fingerprint density at radius 2 is 2.21 bits per heavy atom. The lowest BCUT2D eigenvalue weighted by atomic mass is 10.1. The summed E-state index contributed by atoms with van der Waals surface area (Å²) in [6.07, 6.45) is 1.56. The average Bonchev–Trinajstić information content (AvgIpc) is 2.65. The number of hydrogen-bond acceptors (Lipinski definition) is 3. The monoisotopic (exact) mass is 196 g/mol. The predicted octanol–water partition coefficient (Wildman–Crippen LogP) is 2.58. The predicted molar refractivity (Wildman–Crippen MR) is 52.9 cm³/mol. The first-order valence-corrected chi connectivity index (χ1v) is 4.81. The van der Waals surface area contributed by atoms with E-state index in [1.54, 1.807) is 25.3 Å². The Morgan fingerprint density at radius 3 is 2.71 bits per heavy atom. The summed E-state index contributed by atoms with van der Waals surface area (Å²) in [4.78, 5) is 11.5. The summed E-state index contributed by atoms with van der Waals surface area (Å²) < 4.78 is 10.2. The van der Waals surface area contributed by atoms with Crippen molar-refractivity contribution in [2.75, 3.05) is 6.61 Å². The molecule has 1 rings (SSSR count).